The van der Waals surface area contributed by atoms with Crippen LogP contribution in [0, 0.1) is 23.7 Å². The van der Waals surface area contributed by atoms with Crippen LogP contribution in [-0.4, -0.2) is 28.9 Å². The summed E-state index contributed by atoms with van der Waals surface area (Å²) in [6, 6.07) is 8.05. The van der Waals surface area contributed by atoms with Crippen molar-refractivity contribution < 1.29 is 9.90 Å². The number of primary amides is 1. The number of halogens is 1. The molecule has 0 bridgehead atoms. The number of allylic oxidation sites excluding steroid dienone is 4. The van der Waals surface area contributed by atoms with Crippen LogP contribution in [0.3, 0.4) is 0 Å². The second-order valence-electron chi connectivity index (χ2n) is 9.50. The number of hydrogen-bond donors (Lipinski definition) is 3. The van der Waals surface area contributed by atoms with Crippen LogP contribution in [0.15, 0.2) is 64.3 Å². The number of aliphatic imine (C=N–C) groups is 1. The zero-order valence-corrected chi connectivity index (χ0v) is 19.5. The Morgan fingerprint density at radius 2 is 2.12 bits per heavy atom. The normalized spacial score (nSPS) is 30.1. The van der Waals surface area contributed by atoms with Crippen LogP contribution in [-0.2, 0) is 11.2 Å². The van der Waals surface area contributed by atoms with Gasteiger partial charge in [-0.2, -0.15) is 0 Å². The highest BCUT2D eigenvalue weighted by Gasteiger charge is 2.42. The van der Waals surface area contributed by atoms with E-state index in [1.807, 2.05) is 30.3 Å². The van der Waals surface area contributed by atoms with Crippen molar-refractivity contribution in [2.75, 3.05) is 11.9 Å². The third-order valence-corrected chi connectivity index (χ3v) is 7.30. The molecule has 5 unspecified atom stereocenters. The number of aliphatic hydroxyl groups is 1. The molecule has 1 heterocycles. The number of nitrogens with one attached hydrogen (secondary N) is 1. The van der Waals surface area contributed by atoms with Crippen LogP contribution in [0.1, 0.15) is 38.7 Å². The maximum atomic E-state index is 11.4. The summed E-state index contributed by atoms with van der Waals surface area (Å²) >= 11 is 6.33. The Morgan fingerprint density at radius 1 is 1.38 bits per heavy atom. The van der Waals surface area contributed by atoms with Crippen molar-refractivity contribution in [3.63, 3.8) is 0 Å². The minimum absolute atomic E-state index is 0.175. The number of fused-ring (bicyclic) bond motifs is 1. The predicted molar refractivity (Wildman–Crippen MR) is 131 cm³/mol. The predicted octanol–water partition coefficient (Wildman–Crippen LogP) is 4.58. The van der Waals surface area contributed by atoms with Crippen LogP contribution in [0.2, 0.25) is 0 Å². The zero-order chi connectivity index (χ0) is 22.9. The smallest absolute Gasteiger partial charge is 0.223 e. The largest absolute Gasteiger partial charge is 0.396 e. The maximum absolute atomic E-state index is 11.4. The van der Waals surface area contributed by atoms with Gasteiger partial charge in [0.05, 0.1) is 18.1 Å². The van der Waals surface area contributed by atoms with E-state index in [-0.39, 0.29) is 18.1 Å². The molecule has 1 amide bonds. The number of carbonyl (C=O) groups excluding carboxylic acids is 1. The molecule has 0 saturated heterocycles. The SMILES string of the molecule is CC1C=CC(Cl)=CC1C1=CC(C)(Nc2ccc(CC(CO)C(N)=O)cc2)C2CCCC2=N1. The van der Waals surface area contributed by atoms with Gasteiger partial charge in [-0.15, -0.1) is 0 Å². The molecule has 0 aromatic heterocycles. The molecule has 1 fully saturated rings. The van der Waals surface area contributed by atoms with E-state index in [1.54, 1.807) is 0 Å². The minimum atomic E-state index is -0.557. The highest BCUT2D eigenvalue weighted by atomic mass is 35.5. The minimum Gasteiger partial charge on any atom is -0.396 e. The molecule has 4 N–H and O–H groups in total. The van der Waals surface area contributed by atoms with Crippen molar-refractivity contribution in [1.82, 2.24) is 0 Å². The van der Waals surface area contributed by atoms with Gasteiger partial charge in [0.15, 0.2) is 0 Å². The number of nitrogens with zero attached hydrogens (tertiary/aromatic N) is 1. The number of aliphatic hydroxyl groups excluding tert-OH is 1. The summed E-state index contributed by atoms with van der Waals surface area (Å²) in [6.07, 6.45) is 12.3. The van der Waals surface area contributed by atoms with E-state index in [1.165, 1.54) is 5.71 Å². The van der Waals surface area contributed by atoms with Crippen LogP contribution >= 0.6 is 11.6 Å². The van der Waals surface area contributed by atoms with E-state index in [4.69, 9.17) is 22.3 Å². The molecule has 3 aliphatic rings. The Balaban J connectivity index is 1.57. The summed E-state index contributed by atoms with van der Waals surface area (Å²) in [6.45, 7) is 4.23. The molecule has 2 aliphatic carbocycles. The first kappa shape index (κ1) is 22.8. The van der Waals surface area contributed by atoms with Crippen molar-refractivity contribution >= 4 is 28.9 Å². The van der Waals surface area contributed by atoms with E-state index in [0.29, 0.717) is 18.3 Å². The van der Waals surface area contributed by atoms with Crippen LogP contribution in [0.25, 0.3) is 0 Å². The Bertz CT molecular complexity index is 995. The summed E-state index contributed by atoms with van der Waals surface area (Å²) < 4.78 is 0. The molecular weight excluding hydrogens is 422 g/mol. The lowest BCUT2D eigenvalue weighted by Crippen LogP contribution is -2.45. The summed E-state index contributed by atoms with van der Waals surface area (Å²) in [7, 11) is 0. The van der Waals surface area contributed by atoms with Gasteiger partial charge in [0.1, 0.15) is 0 Å². The zero-order valence-electron chi connectivity index (χ0n) is 18.7. The fourth-order valence-corrected chi connectivity index (χ4v) is 5.39. The molecule has 32 heavy (non-hydrogen) atoms. The third-order valence-electron chi connectivity index (χ3n) is 7.05. The van der Waals surface area contributed by atoms with Crippen LogP contribution in [0.5, 0.6) is 0 Å². The molecule has 0 spiro atoms. The van der Waals surface area contributed by atoms with Crippen LogP contribution < -0.4 is 11.1 Å². The van der Waals surface area contributed by atoms with Gasteiger partial charge in [-0.1, -0.05) is 42.8 Å². The fourth-order valence-electron chi connectivity index (χ4n) is 5.18. The van der Waals surface area contributed by atoms with E-state index < -0.39 is 11.8 Å². The Morgan fingerprint density at radius 3 is 2.81 bits per heavy atom. The summed E-state index contributed by atoms with van der Waals surface area (Å²) in [5.41, 5.74) is 9.49. The second-order valence-corrected chi connectivity index (χ2v) is 9.94. The van der Waals surface area contributed by atoms with Gasteiger partial charge in [0.2, 0.25) is 5.91 Å². The highest BCUT2D eigenvalue weighted by Crippen LogP contribution is 2.43. The molecule has 4 rings (SSSR count). The monoisotopic (exact) mass is 453 g/mol. The van der Waals surface area contributed by atoms with Crippen molar-refractivity contribution in [2.24, 2.45) is 34.4 Å². The fraction of sp³-hybridized carbons (Fsp3) is 0.462. The lowest BCUT2D eigenvalue weighted by molar-refractivity contribution is -0.122. The second kappa shape index (κ2) is 9.24. The van der Waals surface area contributed by atoms with Gasteiger partial charge >= 0.3 is 0 Å². The van der Waals surface area contributed by atoms with Crippen molar-refractivity contribution in [3.8, 4) is 0 Å². The molecule has 5 atom stereocenters. The molecule has 1 aromatic rings. The molecule has 1 saturated carbocycles. The molecule has 0 radical (unpaired) electrons. The van der Waals surface area contributed by atoms with E-state index in [9.17, 15) is 9.90 Å². The molecule has 5 nitrogen and oxygen atoms in total. The van der Waals surface area contributed by atoms with E-state index in [0.717, 1.165) is 41.2 Å². The molecule has 1 aromatic carbocycles. The number of nitrogens with two attached hydrogens (primary N) is 1. The first-order chi connectivity index (χ1) is 15.3. The quantitative estimate of drug-likeness (QED) is 0.564. The molecule has 170 valence electrons. The number of rotatable bonds is 7. The van der Waals surface area contributed by atoms with Crippen molar-refractivity contribution in [2.45, 2.75) is 45.1 Å². The third kappa shape index (κ3) is 4.69. The molecular formula is C26H32ClN3O2. The van der Waals surface area contributed by atoms with Gasteiger partial charge in [0.25, 0.3) is 0 Å². The average Bonchev–Trinajstić information content (AvgIpc) is 3.24. The number of hydrogen-bond acceptors (Lipinski definition) is 4. The topological polar surface area (TPSA) is 87.7 Å². The van der Waals surface area contributed by atoms with Gasteiger partial charge in [0, 0.05) is 34.0 Å². The van der Waals surface area contributed by atoms with E-state index >= 15 is 0 Å². The average molecular weight is 454 g/mol. The first-order valence-corrected chi connectivity index (χ1v) is 11.8. The van der Waals surface area contributed by atoms with Crippen molar-refractivity contribution in [1.29, 1.82) is 0 Å². The van der Waals surface area contributed by atoms with Gasteiger partial charge in [-0.05, 0) is 68.4 Å². The van der Waals surface area contributed by atoms with Gasteiger partial charge in [-0.3, -0.25) is 9.79 Å². The number of amides is 1. The first-order valence-electron chi connectivity index (χ1n) is 11.4. The highest BCUT2D eigenvalue weighted by molar-refractivity contribution is 6.31. The summed E-state index contributed by atoms with van der Waals surface area (Å²) in [5, 5.41) is 13.9. The molecule has 1 aliphatic heterocycles. The van der Waals surface area contributed by atoms with Gasteiger partial charge in [-0.25, -0.2) is 0 Å². The standard InChI is InChI=1S/C26H32ClN3O2/c1-16-6-9-19(27)13-21(16)24-14-26(2,22-4-3-5-23(22)29-24)30-20-10-7-17(8-11-20)12-18(15-31)25(28)32/h6-11,13-14,16,18,21-22,30-31H,3-5,12,15H2,1-2H3,(H2,28,32). The van der Waals surface area contributed by atoms with Crippen LogP contribution in [0.4, 0.5) is 5.69 Å². The van der Waals surface area contributed by atoms with Gasteiger partial charge < -0.3 is 16.2 Å². The number of carbonyl (C=O) groups is 1. The Hall–Kier alpha value is -2.37. The summed E-state index contributed by atoms with van der Waals surface area (Å²) in [5.74, 6) is -0.142. The lowest BCUT2D eigenvalue weighted by atomic mass is 9.77. The Kier molecular flexibility index (Phi) is 6.59. The number of benzene rings is 1. The summed E-state index contributed by atoms with van der Waals surface area (Å²) in [4.78, 5) is 16.5. The maximum Gasteiger partial charge on any atom is 0.223 e. The lowest BCUT2D eigenvalue weighted by Gasteiger charge is -2.40. The number of anilines is 1. The Labute approximate surface area is 195 Å². The van der Waals surface area contributed by atoms with Crippen molar-refractivity contribution in [3.05, 3.63) is 64.9 Å². The van der Waals surface area contributed by atoms with E-state index in [2.05, 4.69) is 37.4 Å². The molecule has 6 heteroatoms.